The second-order valence-electron chi connectivity index (χ2n) is 4.36. The first-order chi connectivity index (χ1) is 11.0. The molecule has 0 saturated carbocycles. The summed E-state index contributed by atoms with van der Waals surface area (Å²) in [6, 6.07) is 5.49. The van der Waals surface area contributed by atoms with Crippen LogP contribution in [0, 0.1) is 0 Å². The molecule has 1 aromatic carbocycles. The minimum Gasteiger partial charge on any atom is -0.444 e. The van der Waals surface area contributed by atoms with Crippen LogP contribution in [0.5, 0.6) is 0 Å². The summed E-state index contributed by atoms with van der Waals surface area (Å²) in [5.74, 6) is 0. The predicted octanol–water partition coefficient (Wildman–Crippen LogP) is 1.85. The molecule has 0 spiro atoms. The fraction of sp³-hybridized carbons (Fsp3) is 0.462. The van der Waals surface area contributed by atoms with Crippen molar-refractivity contribution in [2.75, 3.05) is 6.54 Å². The molecule has 6 nitrogen and oxygen atoms in total. The van der Waals surface area contributed by atoms with E-state index in [-0.39, 0.29) is 11.5 Å². The molecule has 3 aliphatic heterocycles. The van der Waals surface area contributed by atoms with E-state index in [2.05, 4.69) is 0 Å². The van der Waals surface area contributed by atoms with Gasteiger partial charge in [-0.1, -0.05) is 12.1 Å². The van der Waals surface area contributed by atoms with Crippen LogP contribution in [0.25, 0.3) is 0 Å². The van der Waals surface area contributed by atoms with Crippen LogP contribution in [-0.2, 0) is 25.6 Å². The molecule has 3 heterocycles. The number of rotatable bonds is 0. The van der Waals surface area contributed by atoms with Gasteiger partial charge in [-0.25, -0.2) is 8.98 Å². The molecule has 108 valence electrons. The number of ether oxygens (including phenoxy) is 1. The van der Waals surface area contributed by atoms with Crippen LogP contribution in [0.15, 0.2) is 29.2 Å². The van der Waals surface area contributed by atoms with Crippen molar-refractivity contribution in [1.29, 1.82) is 0 Å². The normalized spacial score (nSPS) is 33.5. The topological polar surface area (TPSA) is 72.9 Å². The Morgan fingerprint density at radius 1 is 1.30 bits per heavy atom. The number of hydrogen-bond acceptors (Lipinski definition) is 5. The van der Waals surface area contributed by atoms with Crippen molar-refractivity contribution >= 4 is 16.2 Å². The summed E-state index contributed by atoms with van der Waals surface area (Å²) in [5, 5.41) is 0. The standard InChI is InChI=1S/C13H15NO5S/c15-13-14-8-2-1-3-12(14)19-20(16,17)11-6-4-10(5-7-11)9-18-13/h4-7,12H,1-3,8-9H2/i2D2,3D2. The maximum Gasteiger partial charge on any atom is 0.412 e. The summed E-state index contributed by atoms with van der Waals surface area (Å²) in [6.45, 7) is -0.675. The Morgan fingerprint density at radius 2 is 2.05 bits per heavy atom. The largest absolute Gasteiger partial charge is 0.444 e. The average Bonchev–Trinajstić information content (AvgIpc) is 2.48. The number of carbonyl (C=O) groups excluding carboxylic acids is 1. The highest BCUT2D eigenvalue weighted by atomic mass is 32.2. The predicted molar refractivity (Wildman–Crippen MR) is 69.2 cm³/mol. The number of benzene rings is 1. The molecule has 0 aliphatic carbocycles. The van der Waals surface area contributed by atoms with Crippen molar-refractivity contribution in [3.8, 4) is 0 Å². The quantitative estimate of drug-likeness (QED) is 0.684. The van der Waals surface area contributed by atoms with E-state index in [4.69, 9.17) is 14.4 Å². The van der Waals surface area contributed by atoms with Gasteiger partial charge in [0.15, 0.2) is 6.23 Å². The first kappa shape index (κ1) is 9.36. The number of amides is 1. The second kappa shape index (κ2) is 5.06. The van der Waals surface area contributed by atoms with E-state index in [1.165, 1.54) is 24.3 Å². The van der Waals surface area contributed by atoms with Gasteiger partial charge in [0.05, 0.1) is 4.90 Å². The zero-order chi connectivity index (χ0) is 17.8. The molecule has 1 aromatic rings. The van der Waals surface area contributed by atoms with Gasteiger partial charge in [0.1, 0.15) is 6.61 Å². The van der Waals surface area contributed by atoms with Gasteiger partial charge >= 0.3 is 6.09 Å². The molecule has 1 unspecified atom stereocenters. The first-order valence-corrected chi connectivity index (χ1v) is 7.37. The highest BCUT2D eigenvalue weighted by Gasteiger charge is 2.33. The summed E-state index contributed by atoms with van der Waals surface area (Å²) in [5.41, 5.74) is 0.545. The van der Waals surface area contributed by atoms with Crippen molar-refractivity contribution in [3.63, 3.8) is 0 Å². The van der Waals surface area contributed by atoms with Crippen molar-refractivity contribution in [2.24, 2.45) is 0 Å². The summed E-state index contributed by atoms with van der Waals surface area (Å²) in [7, 11) is -4.34. The van der Waals surface area contributed by atoms with Gasteiger partial charge < -0.3 is 4.74 Å². The van der Waals surface area contributed by atoms with Crippen LogP contribution < -0.4 is 0 Å². The molecule has 1 atom stereocenters. The maximum atomic E-state index is 12.4. The van der Waals surface area contributed by atoms with Crippen LogP contribution >= 0.6 is 0 Å². The fourth-order valence-corrected chi connectivity index (χ4v) is 2.92. The first-order valence-electron chi connectivity index (χ1n) is 7.96. The molecule has 1 fully saturated rings. The van der Waals surface area contributed by atoms with Gasteiger partial charge in [-0.15, -0.1) is 0 Å². The van der Waals surface area contributed by atoms with Gasteiger partial charge in [-0.05, 0) is 36.9 Å². The van der Waals surface area contributed by atoms with E-state index in [0.717, 1.165) is 0 Å². The minimum atomic E-state index is -4.34. The van der Waals surface area contributed by atoms with Crippen LogP contribution in [0.4, 0.5) is 4.79 Å². The highest BCUT2D eigenvalue weighted by molar-refractivity contribution is 7.86. The Hall–Kier alpha value is -1.60. The zero-order valence-electron chi connectivity index (χ0n) is 14.4. The maximum absolute atomic E-state index is 12.4. The Labute approximate surface area is 123 Å². The van der Waals surface area contributed by atoms with E-state index in [9.17, 15) is 13.2 Å². The van der Waals surface area contributed by atoms with Crippen molar-refractivity contribution < 1.29 is 27.6 Å². The van der Waals surface area contributed by atoms with Gasteiger partial charge in [-0.2, -0.15) is 8.42 Å². The summed E-state index contributed by atoms with van der Waals surface area (Å²) < 4.78 is 66.4. The van der Waals surface area contributed by atoms with E-state index in [1.807, 2.05) is 0 Å². The lowest BCUT2D eigenvalue weighted by molar-refractivity contribution is -0.00447. The van der Waals surface area contributed by atoms with Gasteiger partial charge in [0.25, 0.3) is 10.1 Å². The molecular weight excluding hydrogens is 282 g/mol. The number of piperidine rings is 1. The lowest BCUT2D eigenvalue weighted by Gasteiger charge is -2.33. The highest BCUT2D eigenvalue weighted by Crippen LogP contribution is 2.25. The van der Waals surface area contributed by atoms with Crippen LogP contribution in [-0.4, -0.2) is 32.2 Å². The number of nitrogens with zero attached hydrogens (tertiary/aromatic N) is 1. The SMILES string of the molecule is [2H]C1([2H])CN2C(=O)OCc3ccc(cc3)S(=O)(=O)OC2C([2H])([2H])C1. The van der Waals surface area contributed by atoms with E-state index >= 15 is 0 Å². The number of carbonyl (C=O) groups is 1. The monoisotopic (exact) mass is 301 g/mol. The van der Waals surface area contributed by atoms with Gasteiger partial charge in [-0.3, -0.25) is 4.90 Å². The molecular formula is C13H15NO5S. The minimum absolute atomic E-state index is 0.144. The van der Waals surface area contributed by atoms with Gasteiger partial charge in [0, 0.05) is 12.0 Å². The molecule has 2 bridgehead atoms. The fourth-order valence-electron chi connectivity index (χ4n) is 1.93. The number of fused-ring (bicyclic) bond motifs is 5. The smallest absolute Gasteiger partial charge is 0.412 e. The molecule has 4 rings (SSSR count). The molecule has 20 heavy (non-hydrogen) atoms. The molecule has 1 saturated heterocycles. The van der Waals surface area contributed by atoms with Gasteiger partial charge in [0.2, 0.25) is 0 Å². The Balaban J connectivity index is 2.08. The van der Waals surface area contributed by atoms with E-state index in [0.29, 0.717) is 10.5 Å². The summed E-state index contributed by atoms with van der Waals surface area (Å²) in [6.07, 6.45) is -7.91. The third-order valence-electron chi connectivity index (χ3n) is 2.99. The molecule has 1 amide bonds. The lowest BCUT2D eigenvalue weighted by atomic mass is 10.1. The third-order valence-corrected chi connectivity index (χ3v) is 4.28. The lowest BCUT2D eigenvalue weighted by Crippen LogP contribution is -2.46. The summed E-state index contributed by atoms with van der Waals surface area (Å²) in [4.78, 5) is 12.8. The summed E-state index contributed by atoms with van der Waals surface area (Å²) >= 11 is 0. The van der Waals surface area contributed by atoms with Crippen molar-refractivity contribution in [2.45, 2.75) is 36.9 Å². The zero-order valence-corrected chi connectivity index (χ0v) is 11.2. The van der Waals surface area contributed by atoms with Crippen molar-refractivity contribution in [3.05, 3.63) is 29.8 Å². The molecule has 7 heteroatoms. The Morgan fingerprint density at radius 3 is 2.80 bits per heavy atom. The van der Waals surface area contributed by atoms with E-state index < -0.39 is 48.2 Å². The van der Waals surface area contributed by atoms with E-state index in [1.54, 1.807) is 0 Å². The average molecular weight is 301 g/mol. The van der Waals surface area contributed by atoms with Crippen molar-refractivity contribution in [1.82, 2.24) is 4.90 Å². The second-order valence-corrected chi connectivity index (χ2v) is 5.93. The van der Waals surface area contributed by atoms with Crippen LogP contribution in [0.1, 0.15) is 30.2 Å². The van der Waals surface area contributed by atoms with Crippen LogP contribution in [0.2, 0.25) is 0 Å². The molecule has 0 radical (unpaired) electrons. The molecule has 0 N–H and O–H groups in total. The Kier molecular flexibility index (Phi) is 2.37. The van der Waals surface area contributed by atoms with Crippen LogP contribution in [0.3, 0.4) is 0 Å². The Bertz CT molecular complexity index is 765. The molecule has 3 aliphatic rings. The number of hydrogen-bond donors (Lipinski definition) is 0. The molecule has 0 aromatic heterocycles. The third kappa shape index (κ3) is 2.51.